The first kappa shape index (κ1) is 8.85. The van der Waals surface area contributed by atoms with Crippen LogP contribution < -0.4 is 0 Å². The number of hydrogen-bond donors (Lipinski definition) is 0. The zero-order chi connectivity index (χ0) is 10.3. The fourth-order valence-corrected chi connectivity index (χ4v) is 2.02. The van der Waals surface area contributed by atoms with Gasteiger partial charge in [-0.15, -0.1) is 0 Å². The number of carbonyl (C=O) groups is 1. The summed E-state index contributed by atoms with van der Waals surface area (Å²) in [5, 5.41) is 0. The van der Waals surface area contributed by atoms with Crippen molar-refractivity contribution in [1.82, 2.24) is 9.88 Å². The Hall–Kier alpha value is -1.42. The Morgan fingerprint density at radius 3 is 3.13 bits per heavy atom. The lowest BCUT2D eigenvalue weighted by molar-refractivity contribution is 0.0730. The molecule has 2 saturated heterocycles. The molecule has 0 bridgehead atoms. The van der Waals surface area contributed by atoms with Gasteiger partial charge in [0.1, 0.15) is 11.8 Å². The molecule has 2 aliphatic heterocycles. The van der Waals surface area contributed by atoms with Crippen LogP contribution in [-0.4, -0.2) is 41.1 Å². The van der Waals surface area contributed by atoms with E-state index in [4.69, 9.17) is 4.74 Å². The number of pyridine rings is 1. The highest BCUT2D eigenvalue weighted by Crippen LogP contribution is 2.30. The first-order valence-electron chi connectivity index (χ1n) is 5.20. The van der Waals surface area contributed by atoms with Gasteiger partial charge in [0.15, 0.2) is 0 Å². The molecule has 1 aromatic rings. The second-order valence-corrected chi connectivity index (χ2v) is 3.97. The minimum atomic E-state index is 0.0181. The highest BCUT2D eigenvalue weighted by Gasteiger charge is 2.44. The maximum Gasteiger partial charge on any atom is 0.272 e. The van der Waals surface area contributed by atoms with Crippen LogP contribution in [0.5, 0.6) is 0 Å². The SMILES string of the molecule is O=C(c1ccccn1)N1CC[C@@H]2O[C@H]2C1. The van der Waals surface area contributed by atoms with E-state index in [1.165, 1.54) is 0 Å². The van der Waals surface area contributed by atoms with E-state index in [2.05, 4.69) is 4.98 Å². The summed E-state index contributed by atoms with van der Waals surface area (Å²) in [6.07, 6.45) is 3.31. The number of likely N-dealkylation sites (tertiary alicyclic amines) is 1. The maximum absolute atomic E-state index is 12.0. The molecule has 0 radical (unpaired) electrons. The quantitative estimate of drug-likeness (QED) is 0.632. The summed E-state index contributed by atoms with van der Waals surface area (Å²) in [6.45, 7) is 1.51. The van der Waals surface area contributed by atoms with Crippen molar-refractivity contribution in [2.24, 2.45) is 0 Å². The van der Waals surface area contributed by atoms with Gasteiger partial charge in [-0.2, -0.15) is 0 Å². The van der Waals surface area contributed by atoms with E-state index >= 15 is 0 Å². The maximum atomic E-state index is 12.0. The molecular formula is C11H12N2O2. The van der Waals surface area contributed by atoms with Crippen LogP contribution >= 0.6 is 0 Å². The first-order valence-corrected chi connectivity index (χ1v) is 5.20. The van der Waals surface area contributed by atoms with Crippen molar-refractivity contribution in [3.05, 3.63) is 30.1 Å². The Kier molecular flexibility index (Phi) is 1.95. The number of epoxide rings is 1. The second kappa shape index (κ2) is 3.31. The number of hydrogen-bond acceptors (Lipinski definition) is 3. The monoisotopic (exact) mass is 204 g/mol. The van der Waals surface area contributed by atoms with Crippen LogP contribution in [0.1, 0.15) is 16.9 Å². The third-order valence-corrected chi connectivity index (χ3v) is 2.94. The summed E-state index contributed by atoms with van der Waals surface area (Å²) < 4.78 is 5.38. The normalized spacial score (nSPS) is 28.4. The van der Waals surface area contributed by atoms with E-state index in [0.29, 0.717) is 11.8 Å². The third-order valence-electron chi connectivity index (χ3n) is 2.94. The summed E-state index contributed by atoms with van der Waals surface area (Å²) >= 11 is 0. The molecule has 0 unspecified atom stereocenters. The van der Waals surface area contributed by atoms with Crippen molar-refractivity contribution in [2.75, 3.05) is 13.1 Å². The molecule has 1 aromatic heterocycles. The number of nitrogens with zero attached hydrogens (tertiary/aromatic N) is 2. The molecule has 0 aromatic carbocycles. The predicted octanol–water partition coefficient (Wildman–Crippen LogP) is 0.695. The van der Waals surface area contributed by atoms with Gasteiger partial charge in [0.05, 0.1) is 6.10 Å². The molecular weight excluding hydrogens is 192 g/mol. The number of piperidine rings is 1. The van der Waals surface area contributed by atoms with Gasteiger partial charge >= 0.3 is 0 Å². The summed E-state index contributed by atoms with van der Waals surface area (Å²) in [5.41, 5.74) is 0.525. The summed E-state index contributed by atoms with van der Waals surface area (Å²) in [4.78, 5) is 17.9. The molecule has 4 nitrogen and oxygen atoms in total. The minimum Gasteiger partial charge on any atom is -0.368 e. The highest BCUT2D eigenvalue weighted by atomic mass is 16.6. The van der Waals surface area contributed by atoms with Gasteiger partial charge in [0.25, 0.3) is 5.91 Å². The molecule has 4 heteroatoms. The number of fused-ring (bicyclic) bond motifs is 1. The van der Waals surface area contributed by atoms with Gasteiger partial charge in [-0.05, 0) is 18.6 Å². The lowest BCUT2D eigenvalue weighted by atomic mass is 10.1. The van der Waals surface area contributed by atoms with Crippen molar-refractivity contribution in [1.29, 1.82) is 0 Å². The van der Waals surface area contributed by atoms with Crippen molar-refractivity contribution in [2.45, 2.75) is 18.6 Å². The fraction of sp³-hybridized carbons (Fsp3) is 0.455. The standard InChI is InChI=1S/C11H12N2O2/c14-11(8-3-1-2-5-12-8)13-6-4-9-10(7-13)15-9/h1-3,5,9-10H,4,6-7H2/t9-,10-/m0/s1. The van der Waals surface area contributed by atoms with E-state index in [1.807, 2.05) is 17.0 Å². The van der Waals surface area contributed by atoms with Crippen LogP contribution in [0.4, 0.5) is 0 Å². The van der Waals surface area contributed by atoms with Gasteiger partial charge in [0, 0.05) is 19.3 Å². The zero-order valence-electron chi connectivity index (χ0n) is 8.30. The Balaban J connectivity index is 1.74. The van der Waals surface area contributed by atoms with Crippen LogP contribution in [-0.2, 0) is 4.74 Å². The van der Waals surface area contributed by atoms with Crippen molar-refractivity contribution in [3.63, 3.8) is 0 Å². The lowest BCUT2D eigenvalue weighted by Crippen LogP contribution is -2.39. The molecule has 2 fully saturated rings. The molecule has 3 rings (SSSR count). The van der Waals surface area contributed by atoms with Crippen molar-refractivity contribution < 1.29 is 9.53 Å². The number of amides is 1. The van der Waals surface area contributed by atoms with Crippen LogP contribution in [0.3, 0.4) is 0 Å². The van der Waals surface area contributed by atoms with Gasteiger partial charge in [-0.3, -0.25) is 9.78 Å². The van der Waals surface area contributed by atoms with Crippen LogP contribution in [0.25, 0.3) is 0 Å². The van der Waals surface area contributed by atoms with Crippen molar-refractivity contribution >= 4 is 5.91 Å². The largest absolute Gasteiger partial charge is 0.368 e. The van der Waals surface area contributed by atoms with Crippen molar-refractivity contribution in [3.8, 4) is 0 Å². The summed E-state index contributed by atoms with van der Waals surface area (Å²) in [6, 6.07) is 5.40. The smallest absolute Gasteiger partial charge is 0.272 e. The predicted molar refractivity (Wildman–Crippen MR) is 53.4 cm³/mol. The molecule has 0 N–H and O–H groups in total. The van der Waals surface area contributed by atoms with E-state index in [9.17, 15) is 4.79 Å². The Morgan fingerprint density at radius 1 is 1.47 bits per heavy atom. The van der Waals surface area contributed by atoms with Crippen LogP contribution in [0.2, 0.25) is 0 Å². The second-order valence-electron chi connectivity index (χ2n) is 3.97. The van der Waals surface area contributed by atoms with Gasteiger partial charge in [-0.25, -0.2) is 0 Å². The number of rotatable bonds is 1. The molecule has 0 spiro atoms. The Bertz CT molecular complexity index is 379. The van der Waals surface area contributed by atoms with E-state index in [1.54, 1.807) is 12.3 Å². The molecule has 0 aliphatic carbocycles. The topological polar surface area (TPSA) is 45.7 Å². The lowest BCUT2D eigenvalue weighted by Gasteiger charge is -2.23. The minimum absolute atomic E-state index is 0.0181. The van der Waals surface area contributed by atoms with Gasteiger partial charge in [-0.1, -0.05) is 6.07 Å². The average molecular weight is 204 g/mol. The third kappa shape index (κ3) is 1.61. The number of aromatic nitrogens is 1. The van der Waals surface area contributed by atoms with E-state index < -0.39 is 0 Å². The molecule has 0 saturated carbocycles. The van der Waals surface area contributed by atoms with Crippen LogP contribution in [0.15, 0.2) is 24.4 Å². The molecule has 3 heterocycles. The van der Waals surface area contributed by atoms with E-state index in [-0.39, 0.29) is 12.0 Å². The van der Waals surface area contributed by atoms with Crippen LogP contribution in [0, 0.1) is 0 Å². The molecule has 2 atom stereocenters. The highest BCUT2D eigenvalue weighted by molar-refractivity contribution is 5.92. The fourth-order valence-electron chi connectivity index (χ4n) is 2.02. The average Bonchev–Trinajstić information content (AvgIpc) is 3.07. The summed E-state index contributed by atoms with van der Waals surface area (Å²) in [7, 11) is 0. The molecule has 78 valence electrons. The summed E-state index contributed by atoms with van der Waals surface area (Å²) in [5.74, 6) is 0.0181. The van der Waals surface area contributed by atoms with Gasteiger partial charge in [0.2, 0.25) is 0 Å². The molecule has 2 aliphatic rings. The zero-order valence-corrected chi connectivity index (χ0v) is 8.30. The Morgan fingerprint density at radius 2 is 2.40 bits per heavy atom. The first-order chi connectivity index (χ1) is 7.34. The number of ether oxygens (including phenoxy) is 1. The van der Waals surface area contributed by atoms with Gasteiger partial charge < -0.3 is 9.64 Å². The Labute approximate surface area is 87.9 Å². The van der Waals surface area contributed by atoms with E-state index in [0.717, 1.165) is 19.5 Å². The molecule has 15 heavy (non-hydrogen) atoms. The number of carbonyl (C=O) groups excluding carboxylic acids is 1. The molecule has 1 amide bonds.